The summed E-state index contributed by atoms with van der Waals surface area (Å²) in [7, 11) is 1.42. The number of nitrogens with zero attached hydrogens (tertiary/aromatic N) is 1. The molecule has 0 radical (unpaired) electrons. The van der Waals surface area contributed by atoms with Gasteiger partial charge in [0.2, 0.25) is 0 Å². The van der Waals surface area contributed by atoms with E-state index in [1.807, 2.05) is 0 Å². The number of aliphatic carboxylic acids is 1. The lowest BCUT2D eigenvalue weighted by molar-refractivity contribution is -0.138. The van der Waals surface area contributed by atoms with Crippen molar-refractivity contribution in [2.45, 2.75) is 18.9 Å². The largest absolute Gasteiger partial charge is 0.480 e. The predicted octanol–water partition coefficient (Wildman–Crippen LogP) is -0.860. The number of aliphatic imine (C=N–C) groups is 1. The van der Waals surface area contributed by atoms with E-state index in [-0.39, 0.29) is 6.02 Å². The number of rotatable bonds is 5. The van der Waals surface area contributed by atoms with Crippen molar-refractivity contribution >= 4 is 12.0 Å². The molecule has 0 saturated heterocycles. The summed E-state index contributed by atoms with van der Waals surface area (Å²) in [6, 6.07) is -0.720. The number of hydrogen-bond acceptors (Lipinski definition) is 4. The summed E-state index contributed by atoms with van der Waals surface area (Å²) < 4.78 is 4.58. The minimum atomic E-state index is -0.997. The van der Waals surface area contributed by atoms with Crippen LogP contribution in [0.15, 0.2) is 4.99 Å². The lowest BCUT2D eigenvalue weighted by atomic mass is 10.2. The van der Waals surface area contributed by atoms with Gasteiger partial charge in [-0.15, -0.1) is 0 Å². The van der Waals surface area contributed by atoms with Crippen LogP contribution in [0, 0.1) is 0 Å². The molecule has 6 heteroatoms. The zero-order chi connectivity index (χ0) is 10.3. The summed E-state index contributed by atoms with van der Waals surface area (Å²) in [6.07, 6.45) is 0.966. The Morgan fingerprint density at radius 2 is 2.31 bits per heavy atom. The number of nitrogens with two attached hydrogens (primary N) is 2. The van der Waals surface area contributed by atoms with Crippen LogP contribution < -0.4 is 11.5 Å². The van der Waals surface area contributed by atoms with Gasteiger partial charge < -0.3 is 21.3 Å². The van der Waals surface area contributed by atoms with Crippen molar-refractivity contribution in [2.75, 3.05) is 13.7 Å². The number of carbonyl (C=O) groups is 1. The summed E-state index contributed by atoms with van der Waals surface area (Å²) in [5, 5.41) is 8.43. The molecule has 0 aliphatic carbocycles. The summed E-state index contributed by atoms with van der Waals surface area (Å²) >= 11 is 0. The summed E-state index contributed by atoms with van der Waals surface area (Å²) in [6.45, 7) is 0.431. The number of carboxylic acid groups (broad SMARTS) is 1. The third-order valence-corrected chi connectivity index (χ3v) is 1.47. The molecule has 1 atom stereocenters. The van der Waals surface area contributed by atoms with Crippen molar-refractivity contribution in [3.63, 3.8) is 0 Å². The third kappa shape index (κ3) is 5.92. The van der Waals surface area contributed by atoms with E-state index in [0.29, 0.717) is 19.4 Å². The maximum absolute atomic E-state index is 10.3. The van der Waals surface area contributed by atoms with E-state index in [1.165, 1.54) is 7.11 Å². The number of amidine groups is 1. The topological polar surface area (TPSA) is 111 Å². The molecule has 6 nitrogen and oxygen atoms in total. The maximum Gasteiger partial charge on any atom is 0.320 e. The number of hydrogen-bond donors (Lipinski definition) is 3. The molecule has 0 fully saturated rings. The van der Waals surface area contributed by atoms with Crippen LogP contribution in [0.1, 0.15) is 12.8 Å². The fourth-order valence-corrected chi connectivity index (χ4v) is 0.688. The minimum Gasteiger partial charge on any atom is -0.480 e. The zero-order valence-electron chi connectivity index (χ0n) is 7.56. The molecule has 0 aromatic rings. The molecule has 5 N–H and O–H groups in total. The first-order chi connectivity index (χ1) is 6.07. The molecule has 13 heavy (non-hydrogen) atoms. The van der Waals surface area contributed by atoms with E-state index in [4.69, 9.17) is 16.6 Å². The first-order valence-corrected chi connectivity index (χ1v) is 3.90. The molecule has 76 valence electrons. The average Bonchev–Trinajstić information content (AvgIpc) is 2.11. The van der Waals surface area contributed by atoms with Crippen LogP contribution in [0.5, 0.6) is 0 Å². The monoisotopic (exact) mass is 189 g/mol. The first-order valence-electron chi connectivity index (χ1n) is 3.90. The van der Waals surface area contributed by atoms with Crippen LogP contribution in [0.2, 0.25) is 0 Å². The number of carboxylic acids is 1. The van der Waals surface area contributed by atoms with E-state index in [9.17, 15) is 4.79 Å². The van der Waals surface area contributed by atoms with Gasteiger partial charge in [-0.1, -0.05) is 0 Å². The van der Waals surface area contributed by atoms with Gasteiger partial charge in [0.25, 0.3) is 6.02 Å². The second-order valence-corrected chi connectivity index (χ2v) is 2.51. The highest BCUT2D eigenvalue weighted by atomic mass is 16.5. The zero-order valence-corrected chi connectivity index (χ0v) is 7.56. The fraction of sp³-hybridized carbons (Fsp3) is 0.714. The Bertz CT molecular complexity index is 193. The van der Waals surface area contributed by atoms with Crippen LogP contribution in [0.3, 0.4) is 0 Å². The molecule has 0 unspecified atom stereocenters. The molecular formula is C7H15N3O3. The second kappa shape index (κ2) is 6.24. The highest BCUT2D eigenvalue weighted by Gasteiger charge is 2.09. The van der Waals surface area contributed by atoms with E-state index in [2.05, 4.69) is 9.73 Å². The van der Waals surface area contributed by atoms with Crippen LogP contribution in [0.25, 0.3) is 0 Å². The van der Waals surface area contributed by atoms with Crippen molar-refractivity contribution in [1.29, 1.82) is 0 Å². The van der Waals surface area contributed by atoms with Gasteiger partial charge in [0.05, 0.1) is 7.11 Å². The lowest BCUT2D eigenvalue weighted by Gasteiger charge is -2.03. The fourth-order valence-electron chi connectivity index (χ4n) is 0.688. The van der Waals surface area contributed by atoms with Crippen LogP contribution in [-0.2, 0) is 9.53 Å². The van der Waals surface area contributed by atoms with Crippen LogP contribution >= 0.6 is 0 Å². The van der Waals surface area contributed by atoms with Crippen molar-refractivity contribution in [2.24, 2.45) is 16.5 Å². The Labute approximate surface area is 76.6 Å². The van der Waals surface area contributed by atoms with Gasteiger partial charge in [-0.3, -0.25) is 4.79 Å². The maximum atomic E-state index is 10.3. The Morgan fingerprint density at radius 1 is 1.69 bits per heavy atom. The van der Waals surface area contributed by atoms with Crippen molar-refractivity contribution < 1.29 is 14.6 Å². The Kier molecular flexibility index (Phi) is 5.62. The van der Waals surface area contributed by atoms with Crippen LogP contribution in [-0.4, -0.2) is 36.8 Å². The number of methoxy groups -OCH3 is 1. The Balaban J connectivity index is 3.51. The van der Waals surface area contributed by atoms with Crippen LogP contribution in [0.4, 0.5) is 0 Å². The van der Waals surface area contributed by atoms with Gasteiger partial charge in [0.15, 0.2) is 0 Å². The highest BCUT2D eigenvalue weighted by Crippen LogP contribution is 1.94. The molecule has 0 heterocycles. The predicted molar refractivity (Wildman–Crippen MR) is 48.3 cm³/mol. The Morgan fingerprint density at radius 3 is 2.77 bits per heavy atom. The molecule has 0 bridgehead atoms. The molecule has 0 aliphatic rings. The standard InChI is InChI=1S/C7H15N3O3/c1-13-7(9)10-4-2-3-5(8)6(11)12/h5H,2-4,8H2,1H3,(H2,9,10)(H,11,12)/t5-/m0/s1. The molecular weight excluding hydrogens is 174 g/mol. The molecule has 0 aromatic carbocycles. The summed E-state index contributed by atoms with van der Waals surface area (Å²) in [5.74, 6) is -0.997. The van der Waals surface area contributed by atoms with Gasteiger partial charge in [0.1, 0.15) is 6.04 Å². The van der Waals surface area contributed by atoms with E-state index < -0.39 is 12.0 Å². The van der Waals surface area contributed by atoms with Crippen molar-refractivity contribution in [3.8, 4) is 0 Å². The molecule has 0 rings (SSSR count). The normalized spacial score (nSPS) is 13.8. The Hall–Kier alpha value is -1.30. The molecule has 0 aromatic heterocycles. The first kappa shape index (κ1) is 11.7. The van der Waals surface area contributed by atoms with Gasteiger partial charge in [0, 0.05) is 6.54 Å². The molecule has 0 saturated carbocycles. The second-order valence-electron chi connectivity index (χ2n) is 2.51. The smallest absolute Gasteiger partial charge is 0.320 e. The van der Waals surface area contributed by atoms with E-state index in [0.717, 1.165) is 0 Å². The average molecular weight is 189 g/mol. The van der Waals surface area contributed by atoms with Gasteiger partial charge in [-0.25, -0.2) is 4.99 Å². The van der Waals surface area contributed by atoms with Gasteiger partial charge in [-0.2, -0.15) is 0 Å². The van der Waals surface area contributed by atoms with E-state index >= 15 is 0 Å². The SMILES string of the molecule is COC(N)=NCCC[C@H](N)C(=O)O. The summed E-state index contributed by atoms with van der Waals surface area (Å²) in [5.41, 5.74) is 10.5. The lowest BCUT2D eigenvalue weighted by Crippen LogP contribution is -2.30. The molecule has 0 amide bonds. The van der Waals surface area contributed by atoms with Crippen molar-refractivity contribution in [3.05, 3.63) is 0 Å². The quantitative estimate of drug-likeness (QED) is 0.296. The number of ether oxygens (including phenoxy) is 1. The summed E-state index contributed by atoms with van der Waals surface area (Å²) in [4.78, 5) is 14.1. The van der Waals surface area contributed by atoms with Gasteiger partial charge in [-0.05, 0) is 12.8 Å². The van der Waals surface area contributed by atoms with Gasteiger partial charge >= 0.3 is 5.97 Å². The molecule has 0 spiro atoms. The molecule has 0 aliphatic heterocycles. The van der Waals surface area contributed by atoms with Crippen molar-refractivity contribution in [1.82, 2.24) is 0 Å². The third-order valence-electron chi connectivity index (χ3n) is 1.47. The minimum absolute atomic E-state index is 0.101. The van der Waals surface area contributed by atoms with E-state index in [1.54, 1.807) is 0 Å². The highest BCUT2D eigenvalue weighted by molar-refractivity contribution is 5.73.